The van der Waals surface area contributed by atoms with Gasteiger partial charge in [-0.25, -0.2) is 4.79 Å². The van der Waals surface area contributed by atoms with Gasteiger partial charge in [0, 0.05) is 0 Å². The van der Waals surface area contributed by atoms with Crippen molar-refractivity contribution in [2.75, 3.05) is 6.61 Å². The van der Waals surface area contributed by atoms with Gasteiger partial charge in [-0.1, -0.05) is 70.4 Å². The molecule has 1 N–H and O–H groups in total. The molecule has 0 saturated carbocycles. The average molecular weight is 399 g/mol. The molecule has 0 spiro atoms. The topological polar surface area (TPSA) is 63.6 Å². The molecule has 0 saturated heterocycles. The molecule has 0 amide bonds. The zero-order valence-corrected chi connectivity index (χ0v) is 17.8. The molecule has 0 aromatic carbocycles. The quantitative estimate of drug-likeness (QED) is 0.120. The molecule has 0 heterocycles. The Morgan fingerprint density at radius 2 is 1.43 bits per heavy atom. The number of carbonyl (C=O) groups is 2. The third-order valence-electron chi connectivity index (χ3n) is 4.66. The number of halogens is 1. The Bertz CT molecular complexity index is 471. The van der Waals surface area contributed by atoms with Crippen molar-refractivity contribution in [3.05, 3.63) is 24.1 Å². The van der Waals surface area contributed by atoms with Crippen molar-refractivity contribution in [3.63, 3.8) is 0 Å². The summed E-state index contributed by atoms with van der Waals surface area (Å²) < 4.78 is 18.1. The second-order valence-electron chi connectivity index (χ2n) is 7.20. The summed E-state index contributed by atoms with van der Waals surface area (Å²) in [6.45, 7) is 3.87. The van der Waals surface area contributed by atoms with Gasteiger partial charge in [0.25, 0.3) is 0 Å². The van der Waals surface area contributed by atoms with Crippen molar-refractivity contribution in [3.8, 4) is 0 Å². The van der Waals surface area contributed by atoms with Gasteiger partial charge in [-0.2, -0.15) is 4.39 Å². The van der Waals surface area contributed by atoms with Crippen molar-refractivity contribution in [2.24, 2.45) is 5.92 Å². The van der Waals surface area contributed by atoms with Crippen LogP contribution in [-0.4, -0.2) is 23.7 Å². The summed E-state index contributed by atoms with van der Waals surface area (Å²) in [7, 11) is 0. The van der Waals surface area contributed by atoms with E-state index in [1.165, 1.54) is 38.5 Å². The van der Waals surface area contributed by atoms with E-state index in [1.54, 1.807) is 6.92 Å². The van der Waals surface area contributed by atoms with Crippen LogP contribution in [0, 0.1) is 5.92 Å². The maximum absolute atomic E-state index is 13.6. The molecule has 0 aromatic rings. The minimum absolute atomic E-state index is 0.0608. The van der Waals surface area contributed by atoms with Crippen LogP contribution in [0.1, 0.15) is 97.3 Å². The maximum atomic E-state index is 13.6. The second kappa shape index (κ2) is 18.7. The lowest BCUT2D eigenvalue weighted by molar-refractivity contribution is -0.140. The van der Waals surface area contributed by atoms with E-state index in [-0.39, 0.29) is 6.61 Å². The SMILES string of the molecule is CCCCCCCC/C=C\CCCCCCC(/C=C(\F)C(=O)OCC)C(=O)O. The van der Waals surface area contributed by atoms with Gasteiger partial charge in [-0.15, -0.1) is 0 Å². The Kier molecular flexibility index (Phi) is 17.6. The molecule has 28 heavy (non-hydrogen) atoms. The highest BCUT2D eigenvalue weighted by Gasteiger charge is 2.19. The molecule has 1 unspecified atom stereocenters. The van der Waals surface area contributed by atoms with Gasteiger partial charge in [0.1, 0.15) is 0 Å². The molecular formula is C23H39FO4. The smallest absolute Gasteiger partial charge is 0.366 e. The van der Waals surface area contributed by atoms with E-state index in [1.807, 2.05) is 0 Å². The molecule has 162 valence electrons. The number of hydrogen-bond acceptors (Lipinski definition) is 3. The molecule has 0 rings (SSSR count). The number of esters is 1. The van der Waals surface area contributed by atoms with Crippen LogP contribution in [0.3, 0.4) is 0 Å². The van der Waals surface area contributed by atoms with Crippen molar-refractivity contribution >= 4 is 11.9 Å². The van der Waals surface area contributed by atoms with Gasteiger partial charge in [0.2, 0.25) is 5.83 Å². The third kappa shape index (κ3) is 15.4. The van der Waals surface area contributed by atoms with Crippen LogP contribution in [0.2, 0.25) is 0 Å². The predicted molar refractivity (Wildman–Crippen MR) is 112 cm³/mol. The summed E-state index contributed by atoms with van der Waals surface area (Å²) in [5.74, 6) is -4.31. The van der Waals surface area contributed by atoms with E-state index in [0.717, 1.165) is 38.2 Å². The minimum atomic E-state index is -1.12. The van der Waals surface area contributed by atoms with E-state index in [4.69, 9.17) is 5.11 Å². The zero-order chi connectivity index (χ0) is 21.0. The second-order valence-corrected chi connectivity index (χ2v) is 7.20. The molecule has 0 aromatic heterocycles. The summed E-state index contributed by atoms with van der Waals surface area (Å²) in [4.78, 5) is 22.4. The van der Waals surface area contributed by atoms with E-state index in [0.29, 0.717) is 12.8 Å². The summed E-state index contributed by atoms with van der Waals surface area (Å²) in [5, 5.41) is 9.17. The van der Waals surface area contributed by atoms with Crippen molar-refractivity contribution < 1.29 is 23.8 Å². The van der Waals surface area contributed by atoms with Crippen LogP contribution >= 0.6 is 0 Å². The molecule has 0 radical (unpaired) electrons. The van der Waals surface area contributed by atoms with Gasteiger partial charge in [0.15, 0.2) is 0 Å². The largest absolute Gasteiger partial charge is 0.481 e. The molecule has 0 fully saturated rings. The monoisotopic (exact) mass is 398 g/mol. The summed E-state index contributed by atoms with van der Waals surface area (Å²) in [6, 6.07) is 0. The number of ether oxygens (including phenoxy) is 1. The Labute approximate surface area is 170 Å². The standard InChI is InChI=1S/C23H39FO4/c1-3-5-6-7-8-9-10-11-12-13-14-15-16-17-18-20(22(25)26)19-21(24)23(27)28-4-2/h11-12,19-20H,3-10,13-18H2,1-2H3,(H,25,26)/b12-11-,21-19-. The number of carboxylic acids is 1. The number of rotatable bonds is 18. The number of unbranched alkanes of at least 4 members (excludes halogenated alkanes) is 10. The zero-order valence-electron chi connectivity index (χ0n) is 17.8. The van der Waals surface area contributed by atoms with Crippen molar-refractivity contribution in [1.29, 1.82) is 0 Å². The number of carboxylic acid groups (broad SMARTS) is 1. The van der Waals surface area contributed by atoms with E-state index in [9.17, 15) is 14.0 Å². The molecule has 0 aliphatic heterocycles. The summed E-state index contributed by atoms with van der Waals surface area (Å²) in [6.07, 6.45) is 19.6. The summed E-state index contributed by atoms with van der Waals surface area (Å²) in [5.41, 5.74) is 0. The lowest BCUT2D eigenvalue weighted by atomic mass is 9.99. The molecule has 4 nitrogen and oxygen atoms in total. The Balaban J connectivity index is 3.78. The minimum Gasteiger partial charge on any atom is -0.481 e. The van der Waals surface area contributed by atoms with Crippen molar-refractivity contribution in [1.82, 2.24) is 0 Å². The van der Waals surface area contributed by atoms with Gasteiger partial charge >= 0.3 is 11.9 Å². The Morgan fingerprint density at radius 1 is 0.893 bits per heavy atom. The third-order valence-corrected chi connectivity index (χ3v) is 4.66. The van der Waals surface area contributed by atoms with Gasteiger partial charge in [0.05, 0.1) is 12.5 Å². The average Bonchev–Trinajstić information content (AvgIpc) is 2.67. The fourth-order valence-corrected chi connectivity index (χ4v) is 2.98. The highest BCUT2D eigenvalue weighted by molar-refractivity contribution is 5.87. The van der Waals surface area contributed by atoms with Crippen molar-refractivity contribution in [2.45, 2.75) is 97.3 Å². The first-order valence-corrected chi connectivity index (χ1v) is 10.9. The maximum Gasteiger partial charge on any atom is 0.366 e. The van der Waals surface area contributed by atoms with Crippen LogP contribution in [0.15, 0.2) is 24.1 Å². The van der Waals surface area contributed by atoms with E-state index >= 15 is 0 Å². The first-order valence-electron chi connectivity index (χ1n) is 10.9. The summed E-state index contributed by atoms with van der Waals surface area (Å²) >= 11 is 0. The van der Waals surface area contributed by atoms with Crippen LogP contribution in [-0.2, 0) is 14.3 Å². The molecule has 0 aliphatic rings. The first-order chi connectivity index (χ1) is 13.5. The molecule has 5 heteroatoms. The Morgan fingerprint density at radius 3 is 1.96 bits per heavy atom. The lowest BCUT2D eigenvalue weighted by Crippen LogP contribution is -2.14. The highest BCUT2D eigenvalue weighted by atomic mass is 19.1. The predicted octanol–water partition coefficient (Wildman–Crippen LogP) is 6.75. The van der Waals surface area contributed by atoms with E-state index < -0.39 is 23.7 Å². The van der Waals surface area contributed by atoms with Crippen LogP contribution in [0.4, 0.5) is 4.39 Å². The number of hydrogen-bond donors (Lipinski definition) is 1. The fraction of sp³-hybridized carbons (Fsp3) is 0.739. The van der Waals surface area contributed by atoms with Crippen LogP contribution in [0.5, 0.6) is 0 Å². The van der Waals surface area contributed by atoms with Gasteiger partial charge in [-0.3, -0.25) is 4.79 Å². The van der Waals surface area contributed by atoms with Crippen LogP contribution in [0.25, 0.3) is 0 Å². The number of allylic oxidation sites excluding steroid dienone is 2. The molecule has 0 aliphatic carbocycles. The highest BCUT2D eigenvalue weighted by Crippen LogP contribution is 2.17. The van der Waals surface area contributed by atoms with E-state index in [2.05, 4.69) is 23.8 Å². The lowest BCUT2D eigenvalue weighted by Gasteiger charge is -2.08. The fourth-order valence-electron chi connectivity index (χ4n) is 2.98. The number of aliphatic carboxylic acids is 1. The first kappa shape index (κ1) is 26.4. The van der Waals surface area contributed by atoms with Crippen LogP contribution < -0.4 is 0 Å². The van der Waals surface area contributed by atoms with Gasteiger partial charge < -0.3 is 9.84 Å². The van der Waals surface area contributed by atoms with Gasteiger partial charge in [-0.05, 0) is 45.1 Å². The molecule has 0 bridgehead atoms. The molecule has 1 atom stereocenters. The Hall–Kier alpha value is -1.65. The normalized spacial score (nSPS) is 13.0. The molecular weight excluding hydrogens is 359 g/mol. The number of carbonyl (C=O) groups excluding carboxylic acids is 1.